The molecular formula is C22H24N2O3S. The molecule has 0 aliphatic carbocycles. The molecule has 0 saturated heterocycles. The third kappa shape index (κ3) is 5.57. The normalized spacial score (nSPS) is 10.5. The van der Waals surface area contributed by atoms with Crippen LogP contribution in [-0.4, -0.2) is 31.7 Å². The third-order valence-electron chi connectivity index (χ3n) is 4.39. The number of nitrogens with one attached hydrogen (secondary N) is 1. The van der Waals surface area contributed by atoms with Crippen LogP contribution in [0.15, 0.2) is 53.9 Å². The van der Waals surface area contributed by atoms with Crippen LogP contribution in [0.1, 0.15) is 17.7 Å². The minimum absolute atomic E-state index is 0.0569. The number of hydrogen-bond acceptors (Lipinski definition) is 5. The number of benzene rings is 2. The van der Waals surface area contributed by atoms with E-state index >= 15 is 0 Å². The summed E-state index contributed by atoms with van der Waals surface area (Å²) in [5.74, 6) is 1.71. The zero-order chi connectivity index (χ0) is 19.8. The van der Waals surface area contributed by atoms with Crippen LogP contribution in [0.3, 0.4) is 0 Å². The minimum atomic E-state index is 0.0569. The molecule has 0 saturated carbocycles. The van der Waals surface area contributed by atoms with Crippen LogP contribution in [0.4, 0.5) is 0 Å². The fourth-order valence-corrected chi connectivity index (χ4v) is 3.62. The fraction of sp³-hybridized carbons (Fsp3) is 0.273. The van der Waals surface area contributed by atoms with E-state index in [-0.39, 0.29) is 5.91 Å². The predicted octanol–water partition coefficient (Wildman–Crippen LogP) is 4.12. The monoisotopic (exact) mass is 396 g/mol. The molecule has 3 aromatic rings. The van der Waals surface area contributed by atoms with Crippen molar-refractivity contribution in [1.29, 1.82) is 0 Å². The lowest BCUT2D eigenvalue weighted by molar-refractivity contribution is -0.121. The summed E-state index contributed by atoms with van der Waals surface area (Å²) in [6.07, 6.45) is 1.91. The summed E-state index contributed by atoms with van der Waals surface area (Å²) in [6.45, 7) is 0.591. The van der Waals surface area contributed by atoms with Gasteiger partial charge in [0, 0.05) is 30.3 Å². The van der Waals surface area contributed by atoms with Crippen LogP contribution in [0.5, 0.6) is 11.5 Å². The van der Waals surface area contributed by atoms with Gasteiger partial charge in [0.2, 0.25) is 5.91 Å². The van der Waals surface area contributed by atoms with E-state index in [2.05, 4.69) is 10.3 Å². The number of hydrogen-bond donors (Lipinski definition) is 1. The molecule has 1 amide bonds. The van der Waals surface area contributed by atoms with Crippen LogP contribution >= 0.6 is 11.3 Å². The number of amides is 1. The highest BCUT2D eigenvalue weighted by Gasteiger charge is 2.07. The molecule has 0 bridgehead atoms. The Kier molecular flexibility index (Phi) is 7.03. The number of thiazole rings is 1. The molecule has 0 unspecified atom stereocenters. The summed E-state index contributed by atoms with van der Waals surface area (Å²) in [5, 5.41) is 5.99. The van der Waals surface area contributed by atoms with Gasteiger partial charge in [0.1, 0.15) is 16.5 Å². The minimum Gasteiger partial charge on any atom is -0.497 e. The van der Waals surface area contributed by atoms with Crippen molar-refractivity contribution in [3.8, 4) is 22.1 Å². The Labute approximate surface area is 169 Å². The van der Waals surface area contributed by atoms with Crippen molar-refractivity contribution in [3.05, 3.63) is 65.2 Å². The molecule has 28 heavy (non-hydrogen) atoms. The second-order valence-corrected chi connectivity index (χ2v) is 7.18. The zero-order valence-electron chi connectivity index (χ0n) is 16.1. The topological polar surface area (TPSA) is 60.5 Å². The van der Waals surface area contributed by atoms with Crippen molar-refractivity contribution in [2.75, 3.05) is 20.8 Å². The lowest BCUT2D eigenvalue weighted by Gasteiger charge is -2.05. The summed E-state index contributed by atoms with van der Waals surface area (Å²) in [7, 11) is 3.30. The second kappa shape index (κ2) is 9.90. The quantitative estimate of drug-likeness (QED) is 0.591. The summed E-state index contributed by atoms with van der Waals surface area (Å²) in [6, 6.07) is 15.7. The highest BCUT2D eigenvalue weighted by Crippen LogP contribution is 2.25. The Bertz CT molecular complexity index is 889. The summed E-state index contributed by atoms with van der Waals surface area (Å²) in [5.41, 5.74) is 3.19. The summed E-state index contributed by atoms with van der Waals surface area (Å²) in [4.78, 5) is 16.7. The van der Waals surface area contributed by atoms with Crippen molar-refractivity contribution < 1.29 is 14.3 Å². The van der Waals surface area contributed by atoms with Crippen molar-refractivity contribution in [2.45, 2.75) is 19.3 Å². The molecule has 0 aliphatic rings. The van der Waals surface area contributed by atoms with E-state index in [0.717, 1.165) is 39.7 Å². The Morgan fingerprint density at radius 2 is 1.61 bits per heavy atom. The van der Waals surface area contributed by atoms with E-state index in [9.17, 15) is 4.79 Å². The molecule has 3 rings (SSSR count). The van der Waals surface area contributed by atoms with Gasteiger partial charge in [-0.2, -0.15) is 0 Å². The zero-order valence-corrected chi connectivity index (χ0v) is 16.9. The number of ether oxygens (including phenoxy) is 2. The number of aromatic nitrogens is 1. The highest BCUT2D eigenvalue weighted by molar-refractivity contribution is 7.13. The Morgan fingerprint density at radius 3 is 2.25 bits per heavy atom. The molecule has 146 valence electrons. The van der Waals surface area contributed by atoms with Gasteiger partial charge in [-0.1, -0.05) is 12.1 Å². The van der Waals surface area contributed by atoms with Gasteiger partial charge < -0.3 is 14.8 Å². The van der Waals surface area contributed by atoms with Gasteiger partial charge >= 0.3 is 0 Å². The molecule has 0 radical (unpaired) electrons. The van der Waals surface area contributed by atoms with Gasteiger partial charge in [0.15, 0.2) is 0 Å². The van der Waals surface area contributed by atoms with Crippen molar-refractivity contribution in [2.24, 2.45) is 0 Å². The number of carbonyl (C=O) groups excluding carboxylic acids is 1. The first kappa shape index (κ1) is 19.9. The lowest BCUT2D eigenvalue weighted by Crippen LogP contribution is -2.25. The molecule has 1 heterocycles. The number of carbonyl (C=O) groups is 1. The van der Waals surface area contributed by atoms with Gasteiger partial charge in [0.05, 0.1) is 19.9 Å². The van der Waals surface area contributed by atoms with Crippen molar-refractivity contribution in [1.82, 2.24) is 10.3 Å². The van der Waals surface area contributed by atoms with Crippen LogP contribution in [-0.2, 0) is 17.6 Å². The van der Waals surface area contributed by atoms with E-state index in [4.69, 9.17) is 9.47 Å². The van der Waals surface area contributed by atoms with Crippen molar-refractivity contribution in [3.63, 3.8) is 0 Å². The standard InChI is InChI=1S/C22H24N2O3S/c1-26-19-8-3-16(4-9-19)5-12-21(25)23-14-13-18-15-28-22(24-18)17-6-10-20(27-2)11-7-17/h3-4,6-11,15H,5,12-14H2,1-2H3,(H,23,25). The molecule has 0 fully saturated rings. The average Bonchev–Trinajstić information content (AvgIpc) is 3.21. The van der Waals surface area contributed by atoms with Crippen LogP contribution in [0.2, 0.25) is 0 Å². The van der Waals surface area contributed by atoms with Crippen LogP contribution in [0.25, 0.3) is 10.6 Å². The number of methoxy groups -OCH3 is 2. The maximum absolute atomic E-state index is 12.1. The molecule has 1 aromatic heterocycles. The Morgan fingerprint density at radius 1 is 0.964 bits per heavy atom. The van der Waals surface area contributed by atoms with Gasteiger partial charge in [-0.15, -0.1) is 11.3 Å². The van der Waals surface area contributed by atoms with Gasteiger partial charge in [-0.05, 0) is 48.4 Å². The van der Waals surface area contributed by atoms with Gasteiger partial charge in [-0.3, -0.25) is 4.79 Å². The van der Waals surface area contributed by atoms with Gasteiger partial charge in [0.25, 0.3) is 0 Å². The molecule has 0 atom stereocenters. The Balaban J connectivity index is 1.41. The fourth-order valence-electron chi connectivity index (χ4n) is 2.76. The summed E-state index contributed by atoms with van der Waals surface area (Å²) < 4.78 is 10.3. The van der Waals surface area contributed by atoms with E-state index < -0.39 is 0 Å². The smallest absolute Gasteiger partial charge is 0.220 e. The van der Waals surface area contributed by atoms with E-state index in [1.165, 1.54) is 0 Å². The number of aryl methyl sites for hydroxylation is 1. The molecule has 0 spiro atoms. The maximum atomic E-state index is 12.1. The summed E-state index contributed by atoms with van der Waals surface area (Å²) >= 11 is 1.61. The van der Waals surface area contributed by atoms with E-state index in [0.29, 0.717) is 19.4 Å². The van der Waals surface area contributed by atoms with E-state index in [1.54, 1.807) is 25.6 Å². The van der Waals surface area contributed by atoms with Crippen LogP contribution < -0.4 is 14.8 Å². The molecular weight excluding hydrogens is 372 g/mol. The Hall–Kier alpha value is -2.86. The number of rotatable bonds is 9. The first-order valence-corrected chi connectivity index (χ1v) is 10.0. The predicted molar refractivity (Wildman–Crippen MR) is 112 cm³/mol. The van der Waals surface area contributed by atoms with E-state index in [1.807, 2.05) is 53.9 Å². The molecule has 5 nitrogen and oxygen atoms in total. The second-order valence-electron chi connectivity index (χ2n) is 6.32. The molecule has 2 aromatic carbocycles. The first-order chi connectivity index (χ1) is 13.7. The lowest BCUT2D eigenvalue weighted by atomic mass is 10.1. The molecule has 0 aliphatic heterocycles. The SMILES string of the molecule is COc1ccc(CCC(=O)NCCc2csc(-c3ccc(OC)cc3)n2)cc1. The van der Waals surface area contributed by atoms with Crippen molar-refractivity contribution >= 4 is 17.2 Å². The average molecular weight is 397 g/mol. The van der Waals surface area contributed by atoms with Gasteiger partial charge in [-0.25, -0.2) is 4.98 Å². The first-order valence-electron chi connectivity index (χ1n) is 9.16. The third-order valence-corrected chi connectivity index (χ3v) is 5.33. The highest BCUT2D eigenvalue weighted by atomic mass is 32.1. The largest absolute Gasteiger partial charge is 0.497 e. The maximum Gasteiger partial charge on any atom is 0.220 e. The number of nitrogens with zero attached hydrogens (tertiary/aromatic N) is 1. The molecule has 6 heteroatoms. The molecule has 1 N–H and O–H groups in total. The van der Waals surface area contributed by atoms with Crippen LogP contribution in [0, 0.1) is 0 Å².